The van der Waals surface area contributed by atoms with Gasteiger partial charge in [-0.2, -0.15) is 28.2 Å². The molecular formula is C19H18F3N7O. The summed E-state index contributed by atoms with van der Waals surface area (Å²) in [6, 6.07) is 6.60. The maximum atomic E-state index is 12.9. The lowest BCUT2D eigenvalue weighted by molar-refractivity contribution is -0.141. The Labute approximate surface area is 169 Å². The number of halogens is 3. The largest absolute Gasteiger partial charge is 0.434 e. The van der Waals surface area contributed by atoms with Crippen LogP contribution in [0.25, 0.3) is 5.69 Å². The zero-order valence-electron chi connectivity index (χ0n) is 15.7. The molecule has 8 nitrogen and oxygen atoms in total. The number of benzene rings is 1. The van der Waals surface area contributed by atoms with Crippen molar-refractivity contribution < 1.29 is 18.0 Å². The van der Waals surface area contributed by atoms with E-state index in [1.54, 1.807) is 24.3 Å². The highest BCUT2D eigenvalue weighted by molar-refractivity contribution is 5.97. The lowest BCUT2D eigenvalue weighted by Gasteiger charge is -2.23. The van der Waals surface area contributed by atoms with Crippen LogP contribution in [-0.2, 0) is 6.18 Å². The standard InChI is InChI=1S/C19H18F3N7O/c20-19(21,22)16-10-24-17(11-23-16)27-13-5-3-6-14(13)28-18(30)12-4-1-2-7-15(12)29-25-8-9-26-29/h1-2,4,7-11,13-14H,3,5-6H2,(H,24,27)(H,28,30)/t13-,14-/m1/s1. The number of rotatable bonds is 5. The van der Waals surface area contributed by atoms with Crippen molar-refractivity contribution >= 4 is 11.7 Å². The number of hydrogen-bond acceptors (Lipinski definition) is 6. The number of para-hydroxylation sites is 1. The smallest absolute Gasteiger partial charge is 0.364 e. The van der Waals surface area contributed by atoms with Crippen LogP contribution in [0, 0.1) is 0 Å². The second-order valence-corrected chi connectivity index (χ2v) is 6.88. The summed E-state index contributed by atoms with van der Waals surface area (Å²) < 4.78 is 37.9. The third-order valence-electron chi connectivity index (χ3n) is 4.89. The molecule has 0 bridgehead atoms. The SMILES string of the molecule is O=C(N[C@@H]1CCC[C@H]1Nc1cnc(C(F)(F)F)cn1)c1ccccc1-n1nccn1. The second-order valence-electron chi connectivity index (χ2n) is 6.88. The van der Waals surface area contributed by atoms with Gasteiger partial charge in [0.05, 0.1) is 36.0 Å². The van der Waals surface area contributed by atoms with E-state index in [0.29, 0.717) is 17.4 Å². The third-order valence-corrected chi connectivity index (χ3v) is 4.89. The van der Waals surface area contributed by atoms with Crippen LogP contribution in [0.5, 0.6) is 0 Å². The first-order valence-electron chi connectivity index (χ1n) is 9.34. The molecule has 1 aliphatic carbocycles. The van der Waals surface area contributed by atoms with Crippen molar-refractivity contribution in [1.82, 2.24) is 30.3 Å². The summed E-state index contributed by atoms with van der Waals surface area (Å²) in [7, 11) is 0. The molecule has 1 aromatic carbocycles. The average Bonchev–Trinajstić information content (AvgIpc) is 3.40. The zero-order valence-corrected chi connectivity index (χ0v) is 15.7. The number of nitrogens with zero attached hydrogens (tertiary/aromatic N) is 5. The Morgan fingerprint density at radius 1 is 1.03 bits per heavy atom. The molecule has 0 radical (unpaired) electrons. The summed E-state index contributed by atoms with van der Waals surface area (Å²) in [6.07, 6.45) is 2.60. The minimum absolute atomic E-state index is 0.171. The predicted molar refractivity (Wildman–Crippen MR) is 101 cm³/mol. The van der Waals surface area contributed by atoms with E-state index in [0.717, 1.165) is 25.5 Å². The van der Waals surface area contributed by atoms with Crippen LogP contribution in [-0.4, -0.2) is 43.0 Å². The van der Waals surface area contributed by atoms with E-state index in [9.17, 15) is 18.0 Å². The molecule has 4 rings (SSSR count). The van der Waals surface area contributed by atoms with Crippen molar-refractivity contribution in [2.45, 2.75) is 37.5 Å². The van der Waals surface area contributed by atoms with Crippen molar-refractivity contribution in [3.8, 4) is 5.69 Å². The summed E-state index contributed by atoms with van der Waals surface area (Å²) in [5.74, 6) is -0.0459. The molecule has 0 aliphatic heterocycles. The Morgan fingerprint density at radius 3 is 2.47 bits per heavy atom. The molecule has 11 heteroatoms. The Balaban J connectivity index is 1.45. The van der Waals surface area contributed by atoms with E-state index in [1.807, 2.05) is 0 Å². The van der Waals surface area contributed by atoms with Crippen molar-refractivity contribution in [3.63, 3.8) is 0 Å². The van der Waals surface area contributed by atoms with Crippen LogP contribution in [0.3, 0.4) is 0 Å². The van der Waals surface area contributed by atoms with E-state index in [-0.39, 0.29) is 23.8 Å². The number of amides is 1. The molecule has 0 unspecified atom stereocenters. The van der Waals surface area contributed by atoms with Gasteiger partial charge in [0.1, 0.15) is 5.82 Å². The maximum Gasteiger partial charge on any atom is 0.434 e. The lowest BCUT2D eigenvalue weighted by Crippen LogP contribution is -2.43. The van der Waals surface area contributed by atoms with Gasteiger partial charge >= 0.3 is 6.18 Å². The van der Waals surface area contributed by atoms with Crippen LogP contribution in [0.1, 0.15) is 35.3 Å². The van der Waals surface area contributed by atoms with Gasteiger partial charge < -0.3 is 10.6 Å². The van der Waals surface area contributed by atoms with Gasteiger partial charge in [-0.15, -0.1) is 0 Å². The summed E-state index contributed by atoms with van der Waals surface area (Å²) >= 11 is 0. The number of hydrogen-bond donors (Lipinski definition) is 2. The van der Waals surface area contributed by atoms with Gasteiger partial charge in [0.2, 0.25) is 0 Å². The highest BCUT2D eigenvalue weighted by Crippen LogP contribution is 2.28. The van der Waals surface area contributed by atoms with Gasteiger partial charge in [-0.1, -0.05) is 12.1 Å². The molecule has 1 saturated carbocycles. The van der Waals surface area contributed by atoms with Gasteiger partial charge in [0.15, 0.2) is 5.69 Å². The van der Waals surface area contributed by atoms with E-state index in [4.69, 9.17) is 0 Å². The number of nitrogens with one attached hydrogen (secondary N) is 2. The molecule has 30 heavy (non-hydrogen) atoms. The van der Waals surface area contributed by atoms with Crippen molar-refractivity contribution in [3.05, 3.63) is 60.3 Å². The first-order valence-corrected chi connectivity index (χ1v) is 9.34. The molecule has 0 spiro atoms. The van der Waals surface area contributed by atoms with E-state index < -0.39 is 11.9 Å². The van der Waals surface area contributed by atoms with Crippen molar-refractivity contribution in [1.29, 1.82) is 0 Å². The van der Waals surface area contributed by atoms with Crippen molar-refractivity contribution in [2.24, 2.45) is 0 Å². The lowest BCUT2D eigenvalue weighted by atomic mass is 10.1. The molecule has 3 aromatic rings. The Hall–Kier alpha value is -3.50. The first-order chi connectivity index (χ1) is 14.4. The summed E-state index contributed by atoms with van der Waals surface area (Å²) in [6.45, 7) is 0. The molecule has 0 saturated heterocycles. The fourth-order valence-electron chi connectivity index (χ4n) is 3.47. The monoisotopic (exact) mass is 417 g/mol. The molecule has 2 atom stereocenters. The molecule has 2 heterocycles. The first kappa shape index (κ1) is 19.8. The number of aromatic nitrogens is 5. The maximum absolute atomic E-state index is 12.9. The van der Waals surface area contributed by atoms with Crippen LogP contribution in [0.4, 0.5) is 19.0 Å². The Kier molecular flexibility index (Phi) is 5.34. The van der Waals surface area contributed by atoms with Gasteiger partial charge in [0, 0.05) is 12.1 Å². The Bertz CT molecular complexity index is 1010. The van der Waals surface area contributed by atoms with E-state index in [2.05, 4.69) is 30.8 Å². The predicted octanol–water partition coefficient (Wildman–Crippen LogP) is 2.84. The zero-order chi connectivity index (χ0) is 21.1. The van der Waals surface area contributed by atoms with Crippen molar-refractivity contribution in [2.75, 3.05) is 5.32 Å². The number of alkyl halides is 3. The topological polar surface area (TPSA) is 97.6 Å². The molecule has 156 valence electrons. The number of carbonyl (C=O) groups is 1. The van der Waals surface area contributed by atoms with Gasteiger partial charge in [0.25, 0.3) is 5.91 Å². The fourth-order valence-corrected chi connectivity index (χ4v) is 3.47. The van der Waals surface area contributed by atoms with Crippen LogP contribution in [0.2, 0.25) is 0 Å². The van der Waals surface area contributed by atoms with Crippen LogP contribution in [0.15, 0.2) is 49.1 Å². The average molecular weight is 417 g/mol. The second kappa shape index (κ2) is 8.09. The quantitative estimate of drug-likeness (QED) is 0.663. The van der Waals surface area contributed by atoms with Gasteiger partial charge in [-0.25, -0.2) is 9.97 Å². The van der Waals surface area contributed by atoms with Gasteiger partial charge in [-0.3, -0.25) is 4.79 Å². The summed E-state index contributed by atoms with van der Waals surface area (Å²) in [5, 5.41) is 14.2. The molecular weight excluding hydrogens is 399 g/mol. The molecule has 2 N–H and O–H groups in total. The van der Waals surface area contributed by atoms with Crippen LogP contribution < -0.4 is 10.6 Å². The van der Waals surface area contributed by atoms with Gasteiger partial charge in [-0.05, 0) is 31.4 Å². The summed E-state index contributed by atoms with van der Waals surface area (Å²) in [4.78, 5) is 21.5. The molecule has 1 aliphatic rings. The molecule has 2 aromatic heterocycles. The van der Waals surface area contributed by atoms with Crippen LogP contribution >= 0.6 is 0 Å². The highest BCUT2D eigenvalue weighted by Gasteiger charge is 2.33. The summed E-state index contributed by atoms with van der Waals surface area (Å²) in [5.41, 5.74) is -0.0713. The minimum Gasteiger partial charge on any atom is -0.364 e. The number of anilines is 1. The minimum atomic E-state index is -4.54. The highest BCUT2D eigenvalue weighted by atomic mass is 19.4. The normalized spacial score (nSPS) is 18.9. The van der Waals surface area contributed by atoms with E-state index >= 15 is 0 Å². The third kappa shape index (κ3) is 4.24. The Morgan fingerprint density at radius 2 is 1.77 bits per heavy atom. The van der Waals surface area contributed by atoms with E-state index in [1.165, 1.54) is 17.2 Å². The number of carbonyl (C=O) groups excluding carboxylic acids is 1. The fraction of sp³-hybridized carbons (Fsp3) is 0.316. The molecule has 1 amide bonds. The molecule has 1 fully saturated rings.